The monoisotopic (exact) mass is 406 g/mol. The van der Waals surface area contributed by atoms with E-state index in [-0.39, 0.29) is 24.2 Å². The van der Waals surface area contributed by atoms with Gasteiger partial charge in [0.25, 0.3) is 5.91 Å². The summed E-state index contributed by atoms with van der Waals surface area (Å²) in [6.07, 6.45) is 0.504. The lowest BCUT2D eigenvalue weighted by Gasteiger charge is -2.26. The van der Waals surface area contributed by atoms with Gasteiger partial charge in [-0.2, -0.15) is 0 Å². The molecule has 8 nitrogen and oxygen atoms in total. The van der Waals surface area contributed by atoms with Crippen LogP contribution in [0.15, 0.2) is 59.1 Å². The van der Waals surface area contributed by atoms with E-state index < -0.39 is 0 Å². The number of aromatic nitrogens is 1. The lowest BCUT2D eigenvalue weighted by molar-refractivity contribution is 0.0940. The summed E-state index contributed by atoms with van der Waals surface area (Å²) in [6, 6.07) is 16.5. The number of nitrogens with one attached hydrogen (secondary N) is 2. The van der Waals surface area contributed by atoms with Crippen LogP contribution in [0.1, 0.15) is 27.4 Å². The van der Waals surface area contributed by atoms with E-state index in [1.807, 2.05) is 30.3 Å². The molecule has 1 aromatic heterocycles. The van der Waals surface area contributed by atoms with E-state index in [1.54, 1.807) is 36.3 Å². The van der Waals surface area contributed by atoms with Gasteiger partial charge in [-0.1, -0.05) is 35.5 Å². The Bertz CT molecular complexity index is 1030. The van der Waals surface area contributed by atoms with E-state index in [0.29, 0.717) is 42.3 Å². The van der Waals surface area contributed by atoms with Crippen molar-refractivity contribution in [1.29, 1.82) is 0 Å². The molecule has 0 aliphatic carbocycles. The average molecular weight is 406 g/mol. The van der Waals surface area contributed by atoms with Crippen molar-refractivity contribution in [3.8, 4) is 5.75 Å². The molecule has 1 aliphatic rings. The largest absolute Gasteiger partial charge is 0.497 e. The van der Waals surface area contributed by atoms with Gasteiger partial charge in [0, 0.05) is 30.8 Å². The third-order valence-corrected chi connectivity index (χ3v) is 4.97. The first-order chi connectivity index (χ1) is 14.6. The normalized spacial score (nSPS) is 12.8. The van der Waals surface area contributed by atoms with Crippen LogP contribution in [0.25, 0.3) is 0 Å². The van der Waals surface area contributed by atoms with E-state index in [2.05, 4.69) is 15.8 Å². The van der Waals surface area contributed by atoms with Crippen molar-refractivity contribution in [2.75, 3.05) is 19.0 Å². The zero-order valence-electron chi connectivity index (χ0n) is 16.6. The molecule has 4 rings (SSSR count). The Kier molecular flexibility index (Phi) is 5.65. The predicted molar refractivity (Wildman–Crippen MR) is 110 cm³/mol. The third kappa shape index (κ3) is 4.27. The number of hydrogen-bond donors (Lipinski definition) is 2. The molecule has 0 spiro atoms. The first kappa shape index (κ1) is 19.5. The van der Waals surface area contributed by atoms with E-state index in [4.69, 9.17) is 9.26 Å². The molecule has 0 atom stereocenters. The molecule has 0 bridgehead atoms. The van der Waals surface area contributed by atoms with Crippen LogP contribution in [-0.4, -0.2) is 35.6 Å². The van der Waals surface area contributed by atoms with Crippen LogP contribution in [-0.2, 0) is 19.5 Å². The van der Waals surface area contributed by atoms with E-state index in [9.17, 15) is 9.59 Å². The van der Waals surface area contributed by atoms with Crippen LogP contribution in [0, 0.1) is 0 Å². The Hall–Kier alpha value is -3.81. The molecule has 3 amide bonds. The molecule has 0 unspecified atom stereocenters. The van der Waals surface area contributed by atoms with Gasteiger partial charge in [0.05, 0.1) is 13.7 Å². The minimum Gasteiger partial charge on any atom is -0.497 e. The number of hydrogen-bond acceptors (Lipinski definition) is 5. The highest BCUT2D eigenvalue weighted by atomic mass is 16.5. The Morgan fingerprint density at radius 3 is 2.63 bits per heavy atom. The molecule has 2 N–H and O–H groups in total. The topological polar surface area (TPSA) is 96.7 Å². The number of carbonyl (C=O) groups excluding carboxylic acids is 2. The second-order valence-electron chi connectivity index (χ2n) is 6.93. The standard InChI is InChI=1S/C22H22N4O4/c1-29-17-9-7-16(8-10-17)24-22(28)26-12-11-19-18(14-26)20(25-30-19)21(27)23-13-15-5-3-2-4-6-15/h2-10H,11-14H2,1H3,(H,23,27)(H,24,28). The van der Waals surface area contributed by atoms with Crippen molar-refractivity contribution >= 4 is 17.6 Å². The summed E-state index contributed by atoms with van der Waals surface area (Å²) in [5.74, 6) is 1.04. The summed E-state index contributed by atoms with van der Waals surface area (Å²) >= 11 is 0. The first-order valence-electron chi connectivity index (χ1n) is 9.63. The van der Waals surface area contributed by atoms with Gasteiger partial charge in [-0.25, -0.2) is 4.79 Å². The van der Waals surface area contributed by atoms with Crippen LogP contribution in [0.2, 0.25) is 0 Å². The van der Waals surface area contributed by atoms with Crippen molar-refractivity contribution < 1.29 is 18.8 Å². The fourth-order valence-corrected chi connectivity index (χ4v) is 3.30. The molecule has 154 valence electrons. The number of benzene rings is 2. The first-order valence-corrected chi connectivity index (χ1v) is 9.63. The number of anilines is 1. The van der Waals surface area contributed by atoms with Gasteiger partial charge >= 0.3 is 6.03 Å². The summed E-state index contributed by atoms with van der Waals surface area (Å²) in [4.78, 5) is 26.9. The Balaban J connectivity index is 1.40. The molecule has 0 fully saturated rings. The molecule has 2 heterocycles. The summed E-state index contributed by atoms with van der Waals surface area (Å²) < 4.78 is 10.5. The Labute approximate surface area is 173 Å². The fraction of sp³-hybridized carbons (Fsp3) is 0.227. The quantitative estimate of drug-likeness (QED) is 0.678. The number of carbonyl (C=O) groups is 2. The molecule has 3 aromatic rings. The van der Waals surface area contributed by atoms with Crippen molar-refractivity contribution in [3.63, 3.8) is 0 Å². The van der Waals surface area contributed by atoms with Crippen molar-refractivity contribution in [1.82, 2.24) is 15.4 Å². The molecule has 30 heavy (non-hydrogen) atoms. The maximum absolute atomic E-state index is 12.7. The van der Waals surface area contributed by atoms with Gasteiger partial charge in [0.15, 0.2) is 5.69 Å². The molecule has 8 heteroatoms. The number of amides is 3. The lowest BCUT2D eigenvalue weighted by Crippen LogP contribution is -2.39. The lowest BCUT2D eigenvalue weighted by atomic mass is 10.1. The molecule has 2 aromatic carbocycles. The van der Waals surface area contributed by atoms with Crippen LogP contribution in [0.4, 0.5) is 10.5 Å². The smallest absolute Gasteiger partial charge is 0.322 e. The highest BCUT2D eigenvalue weighted by Crippen LogP contribution is 2.24. The van der Waals surface area contributed by atoms with Crippen LogP contribution in [0.5, 0.6) is 5.75 Å². The summed E-state index contributed by atoms with van der Waals surface area (Å²) in [6.45, 7) is 1.13. The molecule has 0 saturated heterocycles. The van der Waals surface area contributed by atoms with Gasteiger partial charge in [-0.3, -0.25) is 4.79 Å². The molecular weight excluding hydrogens is 384 g/mol. The highest BCUT2D eigenvalue weighted by Gasteiger charge is 2.29. The van der Waals surface area contributed by atoms with Crippen molar-refractivity contribution in [2.45, 2.75) is 19.5 Å². The maximum atomic E-state index is 12.7. The summed E-state index contributed by atoms with van der Waals surface area (Å²) in [7, 11) is 1.59. The third-order valence-electron chi connectivity index (χ3n) is 4.97. The highest BCUT2D eigenvalue weighted by molar-refractivity contribution is 5.94. The number of ether oxygens (including phenoxy) is 1. The fourth-order valence-electron chi connectivity index (χ4n) is 3.30. The zero-order chi connectivity index (χ0) is 20.9. The number of nitrogens with zero attached hydrogens (tertiary/aromatic N) is 2. The molecule has 0 saturated carbocycles. The van der Waals surface area contributed by atoms with E-state index >= 15 is 0 Å². The van der Waals surface area contributed by atoms with Crippen LogP contribution >= 0.6 is 0 Å². The Morgan fingerprint density at radius 2 is 1.90 bits per heavy atom. The second kappa shape index (κ2) is 8.69. The second-order valence-corrected chi connectivity index (χ2v) is 6.93. The number of methoxy groups -OCH3 is 1. The average Bonchev–Trinajstić information content (AvgIpc) is 3.22. The summed E-state index contributed by atoms with van der Waals surface area (Å²) in [5, 5.41) is 9.66. The SMILES string of the molecule is COc1ccc(NC(=O)N2CCc3onc(C(=O)NCc4ccccc4)c3C2)cc1. The van der Waals surface area contributed by atoms with E-state index in [0.717, 1.165) is 5.56 Å². The molecule has 1 aliphatic heterocycles. The number of urea groups is 1. The van der Waals surface area contributed by atoms with Crippen LogP contribution in [0.3, 0.4) is 0 Å². The Morgan fingerprint density at radius 1 is 1.13 bits per heavy atom. The van der Waals surface area contributed by atoms with Gasteiger partial charge in [-0.05, 0) is 29.8 Å². The van der Waals surface area contributed by atoms with Crippen molar-refractivity contribution in [2.24, 2.45) is 0 Å². The summed E-state index contributed by atoms with van der Waals surface area (Å²) in [5.41, 5.74) is 2.53. The molecule has 0 radical (unpaired) electrons. The van der Waals surface area contributed by atoms with Gasteiger partial charge in [0.2, 0.25) is 0 Å². The minimum absolute atomic E-state index is 0.225. The van der Waals surface area contributed by atoms with Crippen molar-refractivity contribution in [3.05, 3.63) is 77.2 Å². The predicted octanol–water partition coefficient (Wildman–Crippen LogP) is 3.20. The zero-order valence-corrected chi connectivity index (χ0v) is 16.6. The van der Waals surface area contributed by atoms with Crippen LogP contribution < -0.4 is 15.4 Å². The minimum atomic E-state index is -0.318. The number of fused-ring (bicyclic) bond motifs is 1. The van der Waals surface area contributed by atoms with Gasteiger partial charge in [-0.15, -0.1) is 0 Å². The van der Waals surface area contributed by atoms with Gasteiger partial charge in [0.1, 0.15) is 11.5 Å². The number of rotatable bonds is 5. The molecular formula is C22H22N4O4. The maximum Gasteiger partial charge on any atom is 0.322 e. The van der Waals surface area contributed by atoms with Gasteiger partial charge < -0.3 is 24.8 Å². The van der Waals surface area contributed by atoms with E-state index in [1.165, 1.54) is 0 Å².